The van der Waals surface area contributed by atoms with E-state index in [1.54, 1.807) is 15.5 Å². The molecule has 1 aliphatic rings. The van der Waals surface area contributed by atoms with Crippen LogP contribution in [0.4, 0.5) is 0 Å². The number of nitrogens with zero attached hydrogens (tertiary/aromatic N) is 7. The number of benzene rings is 1. The molecule has 1 aliphatic carbocycles. The van der Waals surface area contributed by atoms with Crippen molar-refractivity contribution >= 4 is 5.65 Å². The summed E-state index contributed by atoms with van der Waals surface area (Å²) in [7, 11) is 1.84. The van der Waals surface area contributed by atoms with Gasteiger partial charge in [-0.3, -0.25) is 4.68 Å². The summed E-state index contributed by atoms with van der Waals surface area (Å²) < 4.78 is 9.52. The predicted molar refractivity (Wildman–Crippen MR) is 103 cm³/mol. The van der Waals surface area contributed by atoms with Crippen LogP contribution in [0.3, 0.4) is 0 Å². The number of aryl methyl sites for hydroxylation is 1. The van der Waals surface area contributed by atoms with E-state index in [1.807, 2.05) is 37.4 Å². The van der Waals surface area contributed by atoms with Gasteiger partial charge in [-0.25, -0.2) is 4.98 Å². The van der Waals surface area contributed by atoms with Crippen LogP contribution in [0.2, 0.25) is 0 Å². The summed E-state index contributed by atoms with van der Waals surface area (Å²) in [5.74, 6) is 2.40. The van der Waals surface area contributed by atoms with E-state index in [9.17, 15) is 0 Å². The molecule has 0 N–H and O–H groups in total. The van der Waals surface area contributed by atoms with Crippen LogP contribution in [-0.2, 0) is 13.7 Å². The van der Waals surface area contributed by atoms with Gasteiger partial charge in [0, 0.05) is 18.2 Å². The zero-order chi connectivity index (χ0) is 18.9. The van der Waals surface area contributed by atoms with Crippen molar-refractivity contribution in [3.63, 3.8) is 0 Å². The molecule has 3 aromatic heterocycles. The highest BCUT2D eigenvalue weighted by Gasteiger charge is 2.24. The normalized spacial score (nSPS) is 14.8. The van der Waals surface area contributed by atoms with E-state index in [4.69, 9.17) is 9.84 Å². The smallest absolute Gasteiger partial charge is 0.235 e. The molecular weight excluding hydrogens is 354 g/mol. The Morgan fingerprint density at radius 3 is 2.64 bits per heavy atom. The summed E-state index contributed by atoms with van der Waals surface area (Å²) in [4.78, 5) is 4.24. The molecule has 1 aromatic carbocycles. The van der Waals surface area contributed by atoms with Crippen molar-refractivity contribution < 1.29 is 4.74 Å². The average Bonchev–Trinajstić information content (AvgIpc) is 3.47. The lowest BCUT2D eigenvalue weighted by Gasteiger charge is -2.15. The molecule has 1 saturated carbocycles. The van der Waals surface area contributed by atoms with Gasteiger partial charge in [-0.05, 0) is 24.8 Å². The Labute approximate surface area is 162 Å². The number of rotatable bonds is 5. The van der Waals surface area contributed by atoms with Gasteiger partial charge in [-0.2, -0.15) is 9.61 Å². The first-order valence-electron chi connectivity index (χ1n) is 9.57. The Morgan fingerprint density at radius 2 is 1.89 bits per heavy atom. The maximum Gasteiger partial charge on any atom is 0.235 e. The second-order valence-electron chi connectivity index (χ2n) is 7.17. The van der Waals surface area contributed by atoms with Gasteiger partial charge in [0.05, 0.1) is 0 Å². The molecule has 28 heavy (non-hydrogen) atoms. The van der Waals surface area contributed by atoms with Crippen molar-refractivity contribution in [1.82, 2.24) is 34.6 Å². The van der Waals surface area contributed by atoms with Gasteiger partial charge in [0.25, 0.3) is 0 Å². The lowest BCUT2D eigenvalue weighted by Crippen LogP contribution is -2.08. The van der Waals surface area contributed by atoms with Crippen molar-refractivity contribution in [3.8, 4) is 17.3 Å². The zero-order valence-corrected chi connectivity index (χ0v) is 15.7. The van der Waals surface area contributed by atoms with Crippen LogP contribution in [0.5, 0.6) is 5.88 Å². The minimum atomic E-state index is 0.280. The monoisotopic (exact) mass is 375 g/mol. The molecule has 8 nitrogen and oxygen atoms in total. The predicted octanol–water partition coefficient (Wildman–Crippen LogP) is 3.16. The molecule has 1 fully saturated rings. The van der Waals surface area contributed by atoms with Gasteiger partial charge >= 0.3 is 0 Å². The molecule has 3 heterocycles. The molecule has 0 radical (unpaired) electrons. The first kappa shape index (κ1) is 16.9. The lowest BCUT2D eigenvalue weighted by molar-refractivity contribution is 0.274. The summed E-state index contributed by atoms with van der Waals surface area (Å²) in [6, 6.07) is 12.0. The SMILES string of the molecule is Cn1cnc(COc2nn3c(-c4ccccc4)nnc3cc2C2CCCC2)n1. The van der Waals surface area contributed by atoms with Crippen LogP contribution in [-0.4, -0.2) is 34.6 Å². The van der Waals surface area contributed by atoms with Crippen molar-refractivity contribution in [2.45, 2.75) is 38.2 Å². The number of hydrogen-bond acceptors (Lipinski definition) is 6. The van der Waals surface area contributed by atoms with Gasteiger partial charge in [0.1, 0.15) is 6.33 Å². The fraction of sp³-hybridized carbons (Fsp3) is 0.350. The standard InChI is InChI=1S/C20H21N7O/c1-26-13-21-17(24-26)12-28-20-16(14-7-5-6-8-14)11-18-22-23-19(27(18)25-20)15-9-3-2-4-10-15/h2-4,9-11,13-14H,5-8,12H2,1H3. The highest BCUT2D eigenvalue weighted by Crippen LogP contribution is 2.38. The molecule has 0 aliphatic heterocycles. The quantitative estimate of drug-likeness (QED) is 0.533. The summed E-state index contributed by atoms with van der Waals surface area (Å²) in [6.07, 6.45) is 6.43. The molecule has 0 bridgehead atoms. The highest BCUT2D eigenvalue weighted by molar-refractivity contribution is 5.59. The largest absolute Gasteiger partial charge is 0.468 e. The molecule has 0 unspecified atom stereocenters. The van der Waals surface area contributed by atoms with Crippen LogP contribution in [0, 0.1) is 0 Å². The second kappa shape index (κ2) is 7.03. The van der Waals surface area contributed by atoms with E-state index in [0.717, 1.165) is 29.6 Å². The fourth-order valence-corrected chi connectivity index (χ4v) is 3.82. The third-order valence-electron chi connectivity index (χ3n) is 5.20. The van der Waals surface area contributed by atoms with Gasteiger partial charge in [-0.15, -0.1) is 15.3 Å². The third-order valence-corrected chi connectivity index (χ3v) is 5.20. The number of aromatic nitrogens is 7. The van der Waals surface area contributed by atoms with Gasteiger partial charge in [0.2, 0.25) is 5.88 Å². The number of ether oxygens (including phenoxy) is 1. The summed E-state index contributed by atoms with van der Waals surface area (Å²) in [5, 5.41) is 17.8. The van der Waals surface area contributed by atoms with Crippen LogP contribution < -0.4 is 4.74 Å². The Bertz CT molecular complexity index is 1100. The minimum absolute atomic E-state index is 0.280. The Kier molecular flexibility index (Phi) is 4.23. The Morgan fingerprint density at radius 1 is 1.07 bits per heavy atom. The molecule has 142 valence electrons. The van der Waals surface area contributed by atoms with Crippen molar-refractivity contribution in [2.75, 3.05) is 0 Å². The summed E-state index contributed by atoms with van der Waals surface area (Å²) in [5.41, 5.74) is 2.81. The maximum atomic E-state index is 6.09. The average molecular weight is 375 g/mol. The molecular formula is C20H21N7O. The highest BCUT2D eigenvalue weighted by atomic mass is 16.5. The Balaban J connectivity index is 1.56. The topological polar surface area (TPSA) is 83.0 Å². The molecule has 8 heteroatoms. The fourth-order valence-electron chi connectivity index (χ4n) is 3.82. The third kappa shape index (κ3) is 3.11. The van der Waals surface area contributed by atoms with Gasteiger partial charge in [-0.1, -0.05) is 43.2 Å². The second-order valence-corrected chi connectivity index (χ2v) is 7.17. The Hall–Kier alpha value is -3.29. The molecule has 5 rings (SSSR count). The number of hydrogen-bond donors (Lipinski definition) is 0. The van der Waals surface area contributed by atoms with Crippen LogP contribution >= 0.6 is 0 Å². The van der Waals surface area contributed by atoms with E-state index < -0.39 is 0 Å². The summed E-state index contributed by atoms with van der Waals surface area (Å²) >= 11 is 0. The van der Waals surface area contributed by atoms with E-state index in [-0.39, 0.29) is 6.61 Å². The molecule has 0 atom stereocenters. The van der Waals surface area contributed by atoms with Crippen LogP contribution in [0.1, 0.15) is 43.0 Å². The maximum absolute atomic E-state index is 6.09. The van der Waals surface area contributed by atoms with E-state index >= 15 is 0 Å². The van der Waals surface area contributed by atoms with Crippen LogP contribution in [0.15, 0.2) is 42.7 Å². The minimum Gasteiger partial charge on any atom is -0.468 e. The first-order valence-corrected chi connectivity index (χ1v) is 9.57. The van der Waals surface area contributed by atoms with Crippen molar-refractivity contribution in [2.24, 2.45) is 7.05 Å². The lowest BCUT2D eigenvalue weighted by atomic mass is 9.99. The summed E-state index contributed by atoms with van der Waals surface area (Å²) in [6.45, 7) is 0.280. The van der Waals surface area contributed by atoms with Crippen molar-refractivity contribution in [3.05, 3.63) is 54.1 Å². The van der Waals surface area contributed by atoms with E-state index in [1.165, 1.54) is 12.8 Å². The first-order chi connectivity index (χ1) is 13.8. The van der Waals surface area contributed by atoms with Gasteiger partial charge < -0.3 is 4.74 Å². The van der Waals surface area contributed by atoms with Crippen LogP contribution in [0.25, 0.3) is 17.0 Å². The zero-order valence-electron chi connectivity index (χ0n) is 15.7. The molecule has 0 spiro atoms. The van der Waals surface area contributed by atoms with Gasteiger partial charge in [0.15, 0.2) is 23.9 Å². The number of fused-ring (bicyclic) bond motifs is 1. The van der Waals surface area contributed by atoms with E-state index in [2.05, 4.69) is 26.3 Å². The molecule has 0 saturated heterocycles. The molecule has 0 amide bonds. The van der Waals surface area contributed by atoms with Crippen molar-refractivity contribution in [1.29, 1.82) is 0 Å². The van der Waals surface area contributed by atoms with E-state index in [0.29, 0.717) is 23.4 Å². The molecule has 4 aromatic rings.